The molecule has 3 aromatic carbocycles. The van der Waals surface area contributed by atoms with Crippen LogP contribution in [0.2, 0.25) is 0 Å². The van der Waals surface area contributed by atoms with Crippen molar-refractivity contribution in [3.05, 3.63) is 101 Å². The van der Waals surface area contributed by atoms with E-state index >= 15 is 0 Å². The van der Waals surface area contributed by atoms with E-state index in [9.17, 15) is 14.7 Å². The summed E-state index contributed by atoms with van der Waals surface area (Å²) < 4.78 is 0. The molecule has 1 heterocycles. The van der Waals surface area contributed by atoms with Crippen LogP contribution >= 0.6 is 0 Å². The van der Waals surface area contributed by atoms with E-state index in [1.54, 1.807) is 29.2 Å². The predicted octanol–water partition coefficient (Wildman–Crippen LogP) is 2.57. The summed E-state index contributed by atoms with van der Waals surface area (Å²) in [5.74, 6) is -0.245. The van der Waals surface area contributed by atoms with E-state index in [2.05, 4.69) is 5.32 Å². The van der Waals surface area contributed by atoms with Crippen molar-refractivity contribution >= 4 is 11.8 Å². The lowest BCUT2D eigenvalue weighted by Gasteiger charge is -2.37. The van der Waals surface area contributed by atoms with Crippen LogP contribution in [0.1, 0.15) is 22.3 Å². The van der Waals surface area contributed by atoms with Gasteiger partial charge in [-0.1, -0.05) is 66.7 Å². The van der Waals surface area contributed by atoms with Crippen LogP contribution in [-0.4, -0.2) is 40.4 Å². The maximum absolute atomic E-state index is 13.4. The lowest BCUT2D eigenvalue weighted by atomic mass is 9.92. The van der Waals surface area contributed by atoms with Crippen molar-refractivity contribution < 1.29 is 14.7 Å². The molecule has 0 saturated carbocycles. The Morgan fingerprint density at radius 2 is 1.61 bits per heavy atom. The number of benzene rings is 3. The van der Waals surface area contributed by atoms with Crippen LogP contribution < -0.4 is 11.1 Å². The molecule has 4 N–H and O–H groups in total. The molecule has 2 amide bonds. The zero-order valence-corrected chi connectivity index (χ0v) is 18.5. The maximum Gasteiger partial charge on any atom is 0.243 e. The smallest absolute Gasteiger partial charge is 0.243 e. The van der Waals surface area contributed by atoms with Crippen LogP contribution in [-0.2, 0) is 35.4 Å². The van der Waals surface area contributed by atoms with E-state index in [0.717, 1.165) is 28.7 Å². The predicted molar refractivity (Wildman–Crippen MR) is 127 cm³/mol. The lowest BCUT2D eigenvalue weighted by molar-refractivity contribution is -0.142. The van der Waals surface area contributed by atoms with Crippen molar-refractivity contribution in [1.82, 2.24) is 10.2 Å². The molecule has 0 unspecified atom stereocenters. The highest BCUT2D eigenvalue weighted by atomic mass is 16.3. The van der Waals surface area contributed by atoms with E-state index in [1.807, 2.05) is 54.6 Å². The molecule has 0 aliphatic carbocycles. The fraction of sp³-hybridized carbons (Fsp3) is 0.259. The first kappa shape index (κ1) is 22.6. The molecule has 33 heavy (non-hydrogen) atoms. The quantitative estimate of drug-likeness (QED) is 0.523. The Kier molecular flexibility index (Phi) is 7.05. The van der Waals surface area contributed by atoms with Crippen molar-refractivity contribution in [2.24, 2.45) is 5.73 Å². The number of hydrogen-bond acceptors (Lipinski definition) is 4. The van der Waals surface area contributed by atoms with Gasteiger partial charge in [0.15, 0.2) is 0 Å². The molecular weight excluding hydrogens is 414 g/mol. The van der Waals surface area contributed by atoms with Gasteiger partial charge in [0.2, 0.25) is 11.8 Å². The molecule has 0 radical (unpaired) electrons. The average Bonchev–Trinajstić information content (AvgIpc) is 2.84. The normalized spacial score (nSPS) is 16.0. The van der Waals surface area contributed by atoms with Gasteiger partial charge in [0.1, 0.15) is 11.8 Å². The summed E-state index contributed by atoms with van der Waals surface area (Å²) in [5.41, 5.74) is 10.4. The first-order chi connectivity index (χ1) is 16.0. The summed E-state index contributed by atoms with van der Waals surface area (Å²) in [4.78, 5) is 28.1. The Labute approximate surface area is 194 Å². The lowest BCUT2D eigenvalue weighted by Crippen LogP contribution is -2.56. The van der Waals surface area contributed by atoms with Gasteiger partial charge >= 0.3 is 0 Å². The molecule has 0 spiro atoms. The van der Waals surface area contributed by atoms with E-state index in [4.69, 9.17) is 5.73 Å². The van der Waals surface area contributed by atoms with Gasteiger partial charge in [-0.15, -0.1) is 0 Å². The second-order valence-corrected chi connectivity index (χ2v) is 8.46. The van der Waals surface area contributed by atoms with Gasteiger partial charge in [0, 0.05) is 19.5 Å². The molecule has 170 valence electrons. The van der Waals surface area contributed by atoms with E-state index in [-0.39, 0.29) is 17.6 Å². The number of amides is 2. The number of nitrogens with two attached hydrogens (primary N) is 1. The third kappa shape index (κ3) is 5.59. The number of hydrogen-bond donors (Lipinski definition) is 3. The molecule has 6 nitrogen and oxygen atoms in total. The maximum atomic E-state index is 13.4. The Morgan fingerprint density at radius 3 is 2.33 bits per heavy atom. The zero-order valence-electron chi connectivity index (χ0n) is 18.5. The fourth-order valence-electron chi connectivity index (χ4n) is 4.27. The molecule has 1 aliphatic rings. The summed E-state index contributed by atoms with van der Waals surface area (Å²) in [7, 11) is 0. The molecule has 1 aliphatic heterocycles. The Hall–Kier alpha value is -3.64. The van der Waals surface area contributed by atoms with E-state index < -0.39 is 12.1 Å². The minimum Gasteiger partial charge on any atom is -0.508 e. The third-order valence-corrected chi connectivity index (χ3v) is 6.10. The van der Waals surface area contributed by atoms with Gasteiger partial charge in [0.25, 0.3) is 0 Å². The van der Waals surface area contributed by atoms with Gasteiger partial charge in [-0.2, -0.15) is 0 Å². The highest BCUT2D eigenvalue weighted by molar-refractivity contribution is 5.90. The van der Waals surface area contributed by atoms with Crippen LogP contribution in [0.3, 0.4) is 0 Å². The van der Waals surface area contributed by atoms with Crippen molar-refractivity contribution in [2.45, 2.75) is 37.9 Å². The number of carbonyl (C=O) groups is 2. The molecular formula is C27H29N3O3. The molecule has 0 saturated heterocycles. The summed E-state index contributed by atoms with van der Waals surface area (Å²) >= 11 is 0. The molecule has 0 fully saturated rings. The first-order valence-corrected chi connectivity index (χ1v) is 11.2. The van der Waals surface area contributed by atoms with Crippen molar-refractivity contribution in [3.8, 4) is 5.75 Å². The first-order valence-electron chi connectivity index (χ1n) is 11.2. The van der Waals surface area contributed by atoms with Crippen molar-refractivity contribution in [2.75, 3.05) is 6.54 Å². The standard InChI is InChI=1S/C27H29N3O3/c28-24(16-20-10-12-23(31)13-11-20)27(33)30-18-22-9-5-4-8-21(22)17-25(30)26(32)29-15-14-19-6-2-1-3-7-19/h1-13,24-25,31H,14-18,28H2,(H,29,32)/t24-,25-/m0/s1. The average molecular weight is 444 g/mol. The molecule has 0 bridgehead atoms. The zero-order chi connectivity index (χ0) is 23.2. The molecule has 6 heteroatoms. The molecule has 2 atom stereocenters. The van der Waals surface area contributed by atoms with Gasteiger partial charge in [-0.3, -0.25) is 9.59 Å². The number of aromatic hydroxyl groups is 1. The number of phenolic OH excluding ortho intramolecular Hbond substituents is 1. The van der Waals surface area contributed by atoms with Gasteiger partial charge in [0.05, 0.1) is 6.04 Å². The highest BCUT2D eigenvalue weighted by Crippen LogP contribution is 2.24. The summed E-state index contributed by atoms with van der Waals surface area (Å²) in [5, 5.41) is 12.5. The van der Waals surface area contributed by atoms with Crippen LogP contribution in [0.25, 0.3) is 0 Å². The minimum atomic E-state index is -0.778. The Bertz CT molecular complexity index is 1100. The van der Waals surface area contributed by atoms with E-state index in [0.29, 0.717) is 25.9 Å². The third-order valence-electron chi connectivity index (χ3n) is 6.10. The van der Waals surface area contributed by atoms with Crippen molar-refractivity contribution in [3.63, 3.8) is 0 Å². The van der Waals surface area contributed by atoms with Gasteiger partial charge in [-0.25, -0.2) is 0 Å². The van der Waals surface area contributed by atoms with Crippen LogP contribution in [0, 0.1) is 0 Å². The Morgan fingerprint density at radius 1 is 0.939 bits per heavy atom. The van der Waals surface area contributed by atoms with E-state index in [1.165, 1.54) is 0 Å². The number of rotatable bonds is 7. The van der Waals surface area contributed by atoms with Gasteiger partial charge in [-0.05, 0) is 47.2 Å². The van der Waals surface area contributed by atoms with Crippen LogP contribution in [0.5, 0.6) is 5.75 Å². The SMILES string of the molecule is N[C@@H](Cc1ccc(O)cc1)C(=O)N1Cc2ccccc2C[C@H]1C(=O)NCCc1ccccc1. The van der Waals surface area contributed by atoms with Crippen LogP contribution in [0.15, 0.2) is 78.9 Å². The Balaban J connectivity index is 1.47. The summed E-state index contributed by atoms with van der Waals surface area (Å²) in [6.07, 6.45) is 1.52. The van der Waals surface area contributed by atoms with Crippen LogP contribution in [0.4, 0.5) is 0 Å². The highest BCUT2D eigenvalue weighted by Gasteiger charge is 2.36. The molecule has 3 aromatic rings. The van der Waals surface area contributed by atoms with Crippen molar-refractivity contribution in [1.29, 1.82) is 0 Å². The largest absolute Gasteiger partial charge is 0.508 e. The second-order valence-electron chi connectivity index (χ2n) is 8.46. The summed E-state index contributed by atoms with van der Waals surface area (Å²) in [6, 6.07) is 23.2. The topological polar surface area (TPSA) is 95.7 Å². The molecule has 0 aromatic heterocycles. The van der Waals surface area contributed by atoms with Gasteiger partial charge < -0.3 is 21.1 Å². The second kappa shape index (κ2) is 10.3. The number of fused-ring (bicyclic) bond motifs is 1. The minimum absolute atomic E-state index is 0.161. The monoisotopic (exact) mass is 443 g/mol. The summed E-state index contributed by atoms with van der Waals surface area (Å²) in [6.45, 7) is 0.859. The number of carbonyl (C=O) groups excluding carboxylic acids is 2. The number of nitrogens with zero attached hydrogens (tertiary/aromatic N) is 1. The number of phenols is 1. The number of nitrogens with one attached hydrogen (secondary N) is 1. The molecule has 4 rings (SSSR count). The fourth-order valence-corrected chi connectivity index (χ4v) is 4.27.